The van der Waals surface area contributed by atoms with Crippen LogP contribution in [0.2, 0.25) is 0 Å². The van der Waals surface area contributed by atoms with Gasteiger partial charge in [0.15, 0.2) is 11.5 Å². The number of methoxy groups -OCH3 is 1. The Labute approximate surface area is 180 Å². The molecule has 0 saturated carbocycles. The molecule has 0 atom stereocenters. The van der Waals surface area contributed by atoms with Crippen molar-refractivity contribution in [2.24, 2.45) is 0 Å². The second-order valence-corrected chi connectivity index (χ2v) is 7.42. The summed E-state index contributed by atoms with van der Waals surface area (Å²) in [5.74, 6) is 2.59. The van der Waals surface area contributed by atoms with E-state index in [0.29, 0.717) is 24.0 Å². The number of nitrogens with one attached hydrogen (secondary N) is 1. The van der Waals surface area contributed by atoms with Crippen molar-refractivity contribution in [3.05, 3.63) is 90.1 Å². The third-order valence-electron chi connectivity index (χ3n) is 5.14. The maximum absolute atomic E-state index is 6.03. The summed E-state index contributed by atoms with van der Waals surface area (Å²) >= 11 is 0. The molecule has 3 aromatic carbocycles. The summed E-state index contributed by atoms with van der Waals surface area (Å²) in [7, 11) is 1.64. The summed E-state index contributed by atoms with van der Waals surface area (Å²) in [6.07, 6.45) is 0. The number of H-pyrrole nitrogens is 1. The Balaban J connectivity index is 1.43. The molecule has 2 heterocycles. The number of aromatic nitrogens is 2. The third-order valence-corrected chi connectivity index (χ3v) is 5.14. The lowest BCUT2D eigenvalue weighted by atomic mass is 10.2. The van der Waals surface area contributed by atoms with Crippen LogP contribution in [-0.2, 0) is 6.61 Å². The number of hydrogen-bond donors (Lipinski definition) is 1. The molecule has 0 aliphatic heterocycles. The van der Waals surface area contributed by atoms with Gasteiger partial charge in [-0.15, -0.1) is 0 Å². The van der Waals surface area contributed by atoms with Gasteiger partial charge in [-0.05, 0) is 48.9 Å². The highest BCUT2D eigenvalue weighted by atomic mass is 16.5. The molecule has 0 radical (unpaired) electrons. The van der Waals surface area contributed by atoms with Crippen LogP contribution in [0.25, 0.3) is 21.8 Å². The van der Waals surface area contributed by atoms with E-state index in [4.69, 9.17) is 14.2 Å². The molecule has 5 heteroatoms. The Bertz CT molecular complexity index is 1360. The molecule has 5 rings (SSSR count). The van der Waals surface area contributed by atoms with Gasteiger partial charge in [-0.25, -0.2) is 4.98 Å². The van der Waals surface area contributed by atoms with E-state index in [-0.39, 0.29) is 0 Å². The van der Waals surface area contributed by atoms with Crippen molar-refractivity contribution >= 4 is 21.8 Å². The van der Waals surface area contributed by atoms with Gasteiger partial charge in [0.25, 0.3) is 0 Å². The van der Waals surface area contributed by atoms with Crippen molar-refractivity contribution in [2.75, 3.05) is 7.11 Å². The molecular formula is C26H22N2O3. The van der Waals surface area contributed by atoms with Crippen LogP contribution in [0, 0.1) is 6.92 Å². The second-order valence-electron chi connectivity index (χ2n) is 7.42. The molecule has 31 heavy (non-hydrogen) atoms. The number of ether oxygens (including phenoxy) is 3. The molecule has 0 fully saturated rings. The normalized spacial score (nSPS) is 11.0. The van der Waals surface area contributed by atoms with Crippen LogP contribution in [0.3, 0.4) is 0 Å². The van der Waals surface area contributed by atoms with Crippen LogP contribution >= 0.6 is 0 Å². The molecule has 0 amide bonds. The van der Waals surface area contributed by atoms with Crippen LogP contribution < -0.4 is 14.2 Å². The van der Waals surface area contributed by atoms with Crippen molar-refractivity contribution in [3.63, 3.8) is 0 Å². The Morgan fingerprint density at radius 1 is 0.839 bits per heavy atom. The van der Waals surface area contributed by atoms with Crippen LogP contribution in [0.4, 0.5) is 0 Å². The molecule has 5 nitrogen and oxygen atoms in total. The number of aromatic amines is 1. The second kappa shape index (κ2) is 8.03. The fourth-order valence-corrected chi connectivity index (χ4v) is 3.62. The first kappa shape index (κ1) is 19.0. The van der Waals surface area contributed by atoms with Gasteiger partial charge in [0.05, 0.1) is 12.6 Å². The Kier molecular flexibility index (Phi) is 4.92. The summed E-state index contributed by atoms with van der Waals surface area (Å²) < 4.78 is 17.6. The Hall–Kier alpha value is -3.99. The number of nitrogens with zero attached hydrogens (tertiary/aromatic N) is 1. The fourth-order valence-electron chi connectivity index (χ4n) is 3.62. The first-order chi connectivity index (χ1) is 15.2. The van der Waals surface area contributed by atoms with Crippen LogP contribution in [0.5, 0.6) is 23.1 Å². The summed E-state index contributed by atoms with van der Waals surface area (Å²) in [6, 6.07) is 25.7. The van der Waals surface area contributed by atoms with Crippen LogP contribution in [-0.4, -0.2) is 17.1 Å². The van der Waals surface area contributed by atoms with Gasteiger partial charge in [-0.3, -0.25) is 0 Å². The van der Waals surface area contributed by atoms with E-state index in [1.165, 1.54) is 0 Å². The topological polar surface area (TPSA) is 56.4 Å². The summed E-state index contributed by atoms with van der Waals surface area (Å²) in [4.78, 5) is 8.00. The van der Waals surface area contributed by atoms with E-state index in [2.05, 4.69) is 16.0 Å². The largest absolute Gasteiger partial charge is 0.493 e. The quantitative estimate of drug-likeness (QED) is 0.352. The zero-order valence-electron chi connectivity index (χ0n) is 17.4. The van der Waals surface area contributed by atoms with Crippen molar-refractivity contribution in [3.8, 4) is 23.1 Å². The number of fused-ring (bicyclic) bond motifs is 2. The first-order valence-electron chi connectivity index (χ1n) is 10.1. The standard InChI is InChI=1S/C26H22N2O3/c1-17-12-20-13-21(9-10-22(20)27-17)31-26-11-8-19-14-24(29-2)25(15-23(19)28-26)30-16-18-6-4-3-5-7-18/h3-15,27H,16H2,1-2H3. The van der Waals surface area contributed by atoms with E-state index in [1.54, 1.807) is 7.11 Å². The molecule has 1 N–H and O–H groups in total. The third kappa shape index (κ3) is 4.03. The average Bonchev–Trinajstić information content (AvgIpc) is 3.17. The molecule has 0 unspecified atom stereocenters. The van der Waals surface area contributed by atoms with Gasteiger partial charge in [-0.2, -0.15) is 0 Å². The van der Waals surface area contributed by atoms with Crippen LogP contribution in [0.1, 0.15) is 11.3 Å². The minimum absolute atomic E-state index is 0.453. The highest BCUT2D eigenvalue weighted by Gasteiger charge is 2.10. The molecule has 0 spiro atoms. The molecule has 2 aromatic heterocycles. The molecular weight excluding hydrogens is 388 g/mol. The SMILES string of the molecule is COc1cc2ccc(Oc3ccc4[nH]c(C)cc4c3)nc2cc1OCc1ccccc1. The molecule has 0 saturated heterocycles. The van der Waals surface area contributed by atoms with Gasteiger partial charge >= 0.3 is 0 Å². The van der Waals surface area contributed by atoms with Gasteiger partial charge in [0.2, 0.25) is 5.88 Å². The zero-order valence-corrected chi connectivity index (χ0v) is 17.4. The lowest BCUT2D eigenvalue weighted by molar-refractivity contribution is 0.285. The summed E-state index contributed by atoms with van der Waals surface area (Å²) in [6.45, 7) is 2.49. The lowest BCUT2D eigenvalue weighted by Gasteiger charge is -2.13. The smallest absolute Gasteiger partial charge is 0.219 e. The minimum Gasteiger partial charge on any atom is -0.493 e. The minimum atomic E-state index is 0.453. The van der Waals surface area contributed by atoms with E-state index in [1.807, 2.05) is 79.7 Å². The van der Waals surface area contributed by atoms with Gasteiger partial charge < -0.3 is 19.2 Å². The molecule has 0 aliphatic rings. The lowest BCUT2D eigenvalue weighted by Crippen LogP contribution is -1.98. The number of pyridine rings is 1. The molecule has 0 aliphatic carbocycles. The predicted molar refractivity (Wildman–Crippen MR) is 122 cm³/mol. The Morgan fingerprint density at radius 3 is 2.55 bits per heavy atom. The maximum Gasteiger partial charge on any atom is 0.219 e. The number of aryl methyl sites for hydroxylation is 1. The van der Waals surface area contributed by atoms with Crippen molar-refractivity contribution in [2.45, 2.75) is 13.5 Å². The highest BCUT2D eigenvalue weighted by molar-refractivity contribution is 5.84. The van der Waals surface area contributed by atoms with Gasteiger partial charge in [0.1, 0.15) is 12.4 Å². The van der Waals surface area contributed by atoms with Gasteiger partial charge in [-0.1, -0.05) is 30.3 Å². The van der Waals surface area contributed by atoms with Crippen molar-refractivity contribution in [1.29, 1.82) is 0 Å². The highest BCUT2D eigenvalue weighted by Crippen LogP contribution is 2.34. The number of hydrogen-bond acceptors (Lipinski definition) is 4. The predicted octanol–water partition coefficient (Wildman–Crippen LogP) is 6.40. The van der Waals surface area contributed by atoms with Crippen molar-refractivity contribution in [1.82, 2.24) is 9.97 Å². The van der Waals surface area contributed by atoms with E-state index in [0.717, 1.165) is 38.8 Å². The summed E-state index contributed by atoms with van der Waals surface area (Å²) in [5.41, 5.74) is 4.07. The van der Waals surface area contributed by atoms with Crippen LogP contribution in [0.15, 0.2) is 78.9 Å². The fraction of sp³-hybridized carbons (Fsp3) is 0.115. The number of rotatable bonds is 6. The van der Waals surface area contributed by atoms with Gasteiger partial charge in [0, 0.05) is 34.1 Å². The van der Waals surface area contributed by atoms with E-state index in [9.17, 15) is 0 Å². The number of benzene rings is 3. The Morgan fingerprint density at radius 2 is 1.71 bits per heavy atom. The first-order valence-corrected chi connectivity index (χ1v) is 10.1. The monoisotopic (exact) mass is 410 g/mol. The zero-order chi connectivity index (χ0) is 21.2. The molecule has 0 bridgehead atoms. The maximum atomic E-state index is 6.03. The van der Waals surface area contributed by atoms with E-state index < -0.39 is 0 Å². The average molecular weight is 410 g/mol. The molecule has 5 aromatic rings. The molecule has 154 valence electrons. The van der Waals surface area contributed by atoms with E-state index >= 15 is 0 Å². The van der Waals surface area contributed by atoms with Crippen molar-refractivity contribution < 1.29 is 14.2 Å². The summed E-state index contributed by atoms with van der Waals surface area (Å²) in [5, 5.41) is 2.06.